The number of aryl methyl sites for hydroxylation is 1. The molecule has 2 atom stereocenters. The van der Waals surface area contributed by atoms with Gasteiger partial charge in [-0.3, -0.25) is 19.5 Å². The lowest BCUT2D eigenvalue weighted by Crippen LogP contribution is -2.57. The Kier molecular flexibility index (Phi) is 6.84. The third kappa shape index (κ3) is 4.78. The molecule has 0 radical (unpaired) electrons. The summed E-state index contributed by atoms with van der Waals surface area (Å²) in [6.07, 6.45) is 4.48. The molecule has 4 heterocycles. The van der Waals surface area contributed by atoms with Gasteiger partial charge in [-0.1, -0.05) is 24.3 Å². The van der Waals surface area contributed by atoms with Crippen LogP contribution in [-0.2, 0) is 16.0 Å². The molecule has 0 N–H and O–H groups in total. The fourth-order valence-corrected chi connectivity index (χ4v) is 6.16. The smallest absolute Gasteiger partial charge is 0.272 e. The minimum absolute atomic E-state index is 0.0292. The molecule has 7 nitrogen and oxygen atoms in total. The van der Waals surface area contributed by atoms with Gasteiger partial charge in [-0.05, 0) is 67.8 Å². The molecule has 3 aliphatic rings. The molecule has 6 rings (SSSR count). The summed E-state index contributed by atoms with van der Waals surface area (Å²) in [5.74, 6) is -0.352. The minimum atomic E-state index is -0.552. The zero-order chi connectivity index (χ0) is 26.2. The Labute approximate surface area is 222 Å². The van der Waals surface area contributed by atoms with Crippen LogP contribution in [0.25, 0.3) is 10.8 Å². The van der Waals surface area contributed by atoms with E-state index >= 15 is 0 Å². The molecule has 38 heavy (non-hydrogen) atoms. The minimum Gasteiger partial charge on any atom is -0.366 e. The number of amides is 2. The Morgan fingerprint density at radius 3 is 2.61 bits per heavy atom. The van der Waals surface area contributed by atoms with Crippen LogP contribution >= 0.6 is 0 Å². The maximum absolute atomic E-state index is 13.8. The van der Waals surface area contributed by atoms with Gasteiger partial charge >= 0.3 is 0 Å². The molecule has 0 spiro atoms. The number of carbonyl (C=O) groups is 2. The molecule has 1 aromatic heterocycles. The van der Waals surface area contributed by atoms with Crippen molar-refractivity contribution >= 4 is 28.3 Å². The number of piperidine rings is 1. The average molecular weight is 517 g/mol. The van der Waals surface area contributed by atoms with Crippen molar-refractivity contribution in [3.63, 3.8) is 0 Å². The number of carbonyl (C=O) groups excluding carboxylic acids is 2. The van der Waals surface area contributed by atoms with Gasteiger partial charge in [0.05, 0.1) is 6.61 Å². The lowest BCUT2D eigenvalue weighted by atomic mass is 9.95. The highest BCUT2D eigenvalue weighted by molar-refractivity contribution is 5.98. The summed E-state index contributed by atoms with van der Waals surface area (Å²) in [7, 11) is 0. The standard InChI is InChI=1S/C30H33FN4O3/c1-20-6-7-22-16-24(31)8-9-27(22)35(20)30(37)28-19-34(14-15-38-28)25-10-12-33(13-11-25)29(36)26-17-21-4-2-3-5-23(21)18-32-26/h2-5,8-9,16-18,20,25,28H,6-7,10-15,19H2,1H3. The van der Waals surface area contributed by atoms with Crippen molar-refractivity contribution in [2.75, 3.05) is 37.7 Å². The Hall–Kier alpha value is -3.36. The molecule has 2 fully saturated rings. The molecule has 198 valence electrons. The van der Waals surface area contributed by atoms with E-state index in [-0.39, 0.29) is 23.7 Å². The molecule has 8 heteroatoms. The van der Waals surface area contributed by atoms with Gasteiger partial charge in [-0.15, -0.1) is 0 Å². The first-order chi connectivity index (χ1) is 18.5. The fraction of sp³-hybridized carbons (Fsp3) is 0.433. The van der Waals surface area contributed by atoms with Gasteiger partial charge in [-0.25, -0.2) is 4.39 Å². The van der Waals surface area contributed by atoms with Gasteiger partial charge in [0.15, 0.2) is 0 Å². The fourth-order valence-electron chi connectivity index (χ4n) is 6.16. The summed E-state index contributed by atoms with van der Waals surface area (Å²) >= 11 is 0. The van der Waals surface area contributed by atoms with E-state index in [1.165, 1.54) is 12.1 Å². The predicted octanol–water partition coefficient (Wildman–Crippen LogP) is 4.05. The summed E-state index contributed by atoms with van der Waals surface area (Å²) in [5.41, 5.74) is 2.15. The number of aromatic nitrogens is 1. The number of rotatable bonds is 3. The largest absolute Gasteiger partial charge is 0.366 e. The van der Waals surface area contributed by atoms with Gasteiger partial charge < -0.3 is 14.5 Å². The molecule has 3 aliphatic heterocycles. The van der Waals surface area contributed by atoms with Gasteiger partial charge in [0, 0.05) is 55.5 Å². The summed E-state index contributed by atoms with van der Waals surface area (Å²) in [6, 6.07) is 14.8. The number of ether oxygens (including phenoxy) is 1. The Bertz CT molecular complexity index is 1360. The lowest BCUT2D eigenvalue weighted by Gasteiger charge is -2.43. The molecular weight excluding hydrogens is 483 g/mol. The predicted molar refractivity (Wildman–Crippen MR) is 144 cm³/mol. The molecular formula is C30H33FN4O3. The van der Waals surface area contributed by atoms with Crippen molar-refractivity contribution in [2.24, 2.45) is 0 Å². The third-order valence-electron chi connectivity index (χ3n) is 8.30. The zero-order valence-corrected chi connectivity index (χ0v) is 21.7. The van der Waals surface area contributed by atoms with E-state index in [0.717, 1.165) is 54.3 Å². The van der Waals surface area contributed by atoms with Crippen molar-refractivity contribution in [3.8, 4) is 0 Å². The second kappa shape index (κ2) is 10.4. The number of likely N-dealkylation sites (tertiary alicyclic amines) is 1. The van der Waals surface area contributed by atoms with E-state index < -0.39 is 6.10 Å². The summed E-state index contributed by atoms with van der Waals surface area (Å²) < 4.78 is 19.8. The van der Waals surface area contributed by atoms with Crippen LogP contribution in [0.1, 0.15) is 42.2 Å². The third-order valence-corrected chi connectivity index (χ3v) is 8.30. The summed E-state index contributed by atoms with van der Waals surface area (Å²) in [5, 5.41) is 2.04. The quantitative estimate of drug-likeness (QED) is 0.526. The summed E-state index contributed by atoms with van der Waals surface area (Å²) in [4.78, 5) is 37.3. The molecule has 2 amide bonds. The zero-order valence-electron chi connectivity index (χ0n) is 21.7. The maximum atomic E-state index is 13.8. The van der Waals surface area contributed by atoms with Crippen LogP contribution in [0.3, 0.4) is 0 Å². The van der Waals surface area contributed by atoms with Crippen molar-refractivity contribution in [3.05, 3.63) is 71.8 Å². The molecule has 2 unspecified atom stereocenters. The number of benzene rings is 2. The van der Waals surface area contributed by atoms with Crippen molar-refractivity contribution in [1.29, 1.82) is 0 Å². The number of morpholine rings is 1. The Morgan fingerprint density at radius 1 is 1.00 bits per heavy atom. The second-order valence-electron chi connectivity index (χ2n) is 10.7. The number of fused-ring (bicyclic) bond motifs is 2. The monoisotopic (exact) mass is 516 g/mol. The van der Waals surface area contributed by atoms with E-state index in [1.807, 2.05) is 47.1 Å². The lowest BCUT2D eigenvalue weighted by molar-refractivity contribution is -0.138. The summed E-state index contributed by atoms with van der Waals surface area (Å²) in [6.45, 7) is 5.17. The number of nitrogens with zero attached hydrogens (tertiary/aromatic N) is 4. The van der Waals surface area contributed by atoms with Crippen LogP contribution in [-0.4, -0.2) is 77.6 Å². The van der Waals surface area contributed by atoms with Crippen molar-refractivity contribution in [2.45, 2.75) is 50.8 Å². The Morgan fingerprint density at radius 2 is 1.79 bits per heavy atom. The number of halogens is 1. The number of hydrogen-bond acceptors (Lipinski definition) is 5. The molecule has 0 aliphatic carbocycles. The van der Waals surface area contributed by atoms with E-state index in [9.17, 15) is 14.0 Å². The first-order valence-corrected chi connectivity index (χ1v) is 13.6. The van der Waals surface area contributed by atoms with E-state index in [4.69, 9.17) is 4.74 Å². The van der Waals surface area contributed by atoms with Crippen LogP contribution in [0.2, 0.25) is 0 Å². The van der Waals surface area contributed by atoms with E-state index in [2.05, 4.69) is 9.88 Å². The molecule has 2 aromatic carbocycles. The molecule has 2 saturated heterocycles. The highest BCUT2D eigenvalue weighted by atomic mass is 19.1. The van der Waals surface area contributed by atoms with Crippen LogP contribution in [0, 0.1) is 5.82 Å². The molecule has 0 saturated carbocycles. The average Bonchev–Trinajstić information content (AvgIpc) is 2.96. The normalized spacial score (nSPS) is 22.9. The molecule has 3 aromatic rings. The first kappa shape index (κ1) is 24.9. The van der Waals surface area contributed by atoms with Crippen molar-refractivity contribution < 1.29 is 18.7 Å². The highest BCUT2D eigenvalue weighted by Crippen LogP contribution is 2.33. The van der Waals surface area contributed by atoms with Crippen LogP contribution < -0.4 is 4.90 Å². The van der Waals surface area contributed by atoms with Crippen LogP contribution in [0.5, 0.6) is 0 Å². The highest BCUT2D eigenvalue weighted by Gasteiger charge is 2.38. The van der Waals surface area contributed by atoms with Gasteiger partial charge in [-0.2, -0.15) is 0 Å². The van der Waals surface area contributed by atoms with E-state index in [1.54, 1.807) is 12.3 Å². The number of anilines is 1. The number of pyridine rings is 1. The molecule has 0 bridgehead atoms. The number of hydrogen-bond donors (Lipinski definition) is 0. The maximum Gasteiger partial charge on any atom is 0.272 e. The van der Waals surface area contributed by atoms with Crippen LogP contribution in [0.15, 0.2) is 54.7 Å². The Balaban J connectivity index is 1.09. The second-order valence-corrected chi connectivity index (χ2v) is 10.7. The van der Waals surface area contributed by atoms with Crippen LogP contribution in [0.4, 0.5) is 10.1 Å². The SMILES string of the molecule is CC1CCc2cc(F)ccc2N1C(=O)C1CN(C2CCN(C(=O)c3cc4ccccc4cn3)CC2)CCO1. The van der Waals surface area contributed by atoms with Gasteiger partial charge in [0.1, 0.15) is 17.6 Å². The van der Waals surface area contributed by atoms with Crippen molar-refractivity contribution in [1.82, 2.24) is 14.8 Å². The van der Waals surface area contributed by atoms with E-state index in [0.29, 0.717) is 38.0 Å². The van der Waals surface area contributed by atoms with Gasteiger partial charge in [0.25, 0.3) is 11.8 Å². The van der Waals surface area contributed by atoms with Gasteiger partial charge in [0.2, 0.25) is 0 Å². The topological polar surface area (TPSA) is 66.0 Å². The first-order valence-electron chi connectivity index (χ1n) is 13.6.